The lowest BCUT2D eigenvalue weighted by Crippen LogP contribution is -2.28. The van der Waals surface area contributed by atoms with Gasteiger partial charge < -0.3 is 5.32 Å². The van der Waals surface area contributed by atoms with Crippen LogP contribution in [-0.2, 0) is 11.6 Å². The average molecular weight is 375 g/mol. The molecule has 4 rings (SSSR count). The first-order valence-electron chi connectivity index (χ1n) is 8.88. The number of alkyl halides is 3. The second-order valence-electron chi connectivity index (χ2n) is 7.64. The first-order chi connectivity index (χ1) is 12.7. The molecule has 1 aliphatic rings. The summed E-state index contributed by atoms with van der Waals surface area (Å²) in [6.45, 7) is 4.25. The molecule has 1 aromatic carbocycles. The zero-order valence-corrected chi connectivity index (χ0v) is 15.1. The van der Waals surface area contributed by atoms with Crippen LogP contribution < -0.4 is 5.32 Å². The average Bonchev–Trinajstić information content (AvgIpc) is 3.39. The standard InChI is InChI=1S/C19H20F3N5/c1-18(2,13-4-3-5-14(10-13)19(20,21)22)11-23-15-8-9-16-24-25-17(12-6-7-12)27(16)26-15/h3-5,8-10,12H,6-7,11H2,1-2H3,(H,23,26). The maximum atomic E-state index is 13.0. The Morgan fingerprint density at radius 1 is 1.07 bits per heavy atom. The van der Waals surface area contributed by atoms with Crippen LogP contribution in [0.5, 0.6) is 0 Å². The molecule has 8 heteroatoms. The zero-order chi connectivity index (χ0) is 19.2. The first-order valence-corrected chi connectivity index (χ1v) is 8.88. The molecule has 0 spiro atoms. The SMILES string of the molecule is CC(C)(CNc1ccc2nnc(C3CC3)n2n1)c1cccc(C(F)(F)F)c1. The van der Waals surface area contributed by atoms with Crippen molar-refractivity contribution in [1.82, 2.24) is 19.8 Å². The lowest BCUT2D eigenvalue weighted by molar-refractivity contribution is -0.137. The topological polar surface area (TPSA) is 55.1 Å². The number of anilines is 1. The minimum Gasteiger partial charge on any atom is -0.368 e. The van der Waals surface area contributed by atoms with Gasteiger partial charge in [-0.1, -0.05) is 32.0 Å². The van der Waals surface area contributed by atoms with Gasteiger partial charge in [-0.15, -0.1) is 15.3 Å². The molecule has 1 N–H and O–H groups in total. The second-order valence-corrected chi connectivity index (χ2v) is 7.64. The summed E-state index contributed by atoms with van der Waals surface area (Å²) in [5.41, 5.74) is 0.171. The summed E-state index contributed by atoms with van der Waals surface area (Å²) in [6, 6.07) is 9.12. The number of rotatable bonds is 5. The number of hydrogen-bond donors (Lipinski definition) is 1. The normalized spacial score (nSPS) is 15.3. The summed E-state index contributed by atoms with van der Waals surface area (Å²) in [5, 5.41) is 16.1. The molecular formula is C19H20F3N5. The Bertz CT molecular complexity index is 973. The maximum absolute atomic E-state index is 13.0. The van der Waals surface area contributed by atoms with Crippen molar-refractivity contribution in [2.45, 2.75) is 44.2 Å². The Balaban J connectivity index is 1.53. The van der Waals surface area contributed by atoms with Crippen LogP contribution in [-0.4, -0.2) is 26.4 Å². The largest absolute Gasteiger partial charge is 0.416 e. The van der Waals surface area contributed by atoms with Gasteiger partial charge >= 0.3 is 6.18 Å². The van der Waals surface area contributed by atoms with Crippen LogP contribution in [0.4, 0.5) is 19.0 Å². The molecular weight excluding hydrogens is 355 g/mol. The van der Waals surface area contributed by atoms with E-state index < -0.39 is 17.2 Å². The molecule has 1 saturated carbocycles. The Morgan fingerprint density at radius 3 is 2.52 bits per heavy atom. The predicted molar refractivity (Wildman–Crippen MR) is 95.7 cm³/mol. The van der Waals surface area contributed by atoms with Gasteiger partial charge in [0.25, 0.3) is 0 Å². The minimum atomic E-state index is -4.35. The predicted octanol–water partition coefficient (Wildman–Crippen LogP) is 4.41. The van der Waals surface area contributed by atoms with Gasteiger partial charge in [-0.25, -0.2) is 0 Å². The fraction of sp³-hybridized carbons (Fsp3) is 0.421. The number of fused-ring (bicyclic) bond motifs is 1. The Morgan fingerprint density at radius 2 is 1.81 bits per heavy atom. The van der Waals surface area contributed by atoms with Crippen LogP contribution in [0.2, 0.25) is 0 Å². The lowest BCUT2D eigenvalue weighted by Gasteiger charge is -2.26. The Labute approximate surface area is 154 Å². The third-order valence-corrected chi connectivity index (χ3v) is 4.91. The highest BCUT2D eigenvalue weighted by atomic mass is 19.4. The summed E-state index contributed by atoms with van der Waals surface area (Å²) in [5.74, 6) is 1.93. The van der Waals surface area contributed by atoms with E-state index in [1.807, 2.05) is 26.0 Å². The molecule has 2 aromatic heterocycles. The highest BCUT2D eigenvalue weighted by Crippen LogP contribution is 2.38. The molecule has 0 amide bonds. The highest BCUT2D eigenvalue weighted by molar-refractivity contribution is 5.45. The monoisotopic (exact) mass is 375 g/mol. The molecule has 0 unspecified atom stereocenters. The van der Waals surface area contributed by atoms with Gasteiger partial charge in [0.05, 0.1) is 5.56 Å². The highest BCUT2D eigenvalue weighted by Gasteiger charge is 2.32. The third kappa shape index (κ3) is 3.61. The van der Waals surface area contributed by atoms with E-state index in [1.165, 1.54) is 12.1 Å². The molecule has 0 bridgehead atoms. The molecule has 1 aliphatic carbocycles. The molecule has 1 fully saturated rings. The second kappa shape index (κ2) is 6.21. The summed E-state index contributed by atoms with van der Waals surface area (Å²) >= 11 is 0. The molecule has 5 nitrogen and oxygen atoms in total. The van der Waals surface area contributed by atoms with Crippen molar-refractivity contribution in [2.24, 2.45) is 0 Å². The van der Waals surface area contributed by atoms with Gasteiger partial charge in [-0.05, 0) is 36.6 Å². The van der Waals surface area contributed by atoms with Crippen molar-refractivity contribution in [3.8, 4) is 0 Å². The smallest absolute Gasteiger partial charge is 0.368 e. The number of nitrogens with zero attached hydrogens (tertiary/aromatic N) is 4. The molecule has 142 valence electrons. The molecule has 27 heavy (non-hydrogen) atoms. The number of aromatic nitrogens is 4. The van der Waals surface area contributed by atoms with Gasteiger partial charge in [0.15, 0.2) is 11.5 Å². The van der Waals surface area contributed by atoms with E-state index in [2.05, 4.69) is 20.6 Å². The van der Waals surface area contributed by atoms with E-state index in [0.717, 1.165) is 24.7 Å². The van der Waals surface area contributed by atoms with Crippen molar-refractivity contribution in [3.05, 3.63) is 53.3 Å². The Hall–Kier alpha value is -2.64. The maximum Gasteiger partial charge on any atom is 0.416 e. The lowest BCUT2D eigenvalue weighted by atomic mass is 9.83. The molecule has 0 radical (unpaired) electrons. The summed E-state index contributed by atoms with van der Waals surface area (Å²) in [4.78, 5) is 0. The van der Waals surface area contributed by atoms with Crippen LogP contribution in [0.3, 0.4) is 0 Å². The fourth-order valence-electron chi connectivity index (χ4n) is 3.03. The van der Waals surface area contributed by atoms with Gasteiger partial charge in [0.2, 0.25) is 0 Å². The van der Waals surface area contributed by atoms with E-state index in [0.29, 0.717) is 29.5 Å². The minimum absolute atomic E-state index is 0.421. The Kier molecular flexibility index (Phi) is 4.09. The summed E-state index contributed by atoms with van der Waals surface area (Å²) in [6.07, 6.45) is -2.15. The van der Waals surface area contributed by atoms with E-state index >= 15 is 0 Å². The van der Waals surface area contributed by atoms with Gasteiger partial charge in [-0.2, -0.15) is 17.7 Å². The van der Waals surface area contributed by atoms with E-state index in [9.17, 15) is 13.2 Å². The molecule has 0 saturated heterocycles. The van der Waals surface area contributed by atoms with Crippen molar-refractivity contribution < 1.29 is 13.2 Å². The number of halogens is 3. The number of benzene rings is 1. The number of hydrogen-bond acceptors (Lipinski definition) is 4. The van der Waals surface area contributed by atoms with Crippen LogP contribution in [0.1, 0.15) is 49.6 Å². The van der Waals surface area contributed by atoms with Crippen LogP contribution in [0, 0.1) is 0 Å². The number of nitrogens with one attached hydrogen (secondary N) is 1. The third-order valence-electron chi connectivity index (χ3n) is 4.91. The van der Waals surface area contributed by atoms with Crippen LogP contribution in [0.25, 0.3) is 5.65 Å². The van der Waals surface area contributed by atoms with E-state index in [4.69, 9.17) is 0 Å². The molecule has 0 atom stereocenters. The first kappa shape index (κ1) is 17.8. The van der Waals surface area contributed by atoms with Gasteiger partial charge in [0, 0.05) is 17.9 Å². The van der Waals surface area contributed by atoms with Gasteiger partial charge in [0.1, 0.15) is 5.82 Å². The quantitative estimate of drug-likeness (QED) is 0.718. The zero-order valence-electron chi connectivity index (χ0n) is 15.1. The molecule has 0 aliphatic heterocycles. The fourth-order valence-corrected chi connectivity index (χ4v) is 3.03. The molecule has 3 aromatic rings. The van der Waals surface area contributed by atoms with E-state index in [-0.39, 0.29) is 0 Å². The molecule has 2 heterocycles. The van der Waals surface area contributed by atoms with Crippen LogP contribution >= 0.6 is 0 Å². The van der Waals surface area contributed by atoms with Gasteiger partial charge in [-0.3, -0.25) is 0 Å². The van der Waals surface area contributed by atoms with Crippen molar-refractivity contribution >= 4 is 11.5 Å². The van der Waals surface area contributed by atoms with Crippen molar-refractivity contribution in [1.29, 1.82) is 0 Å². The summed E-state index contributed by atoms with van der Waals surface area (Å²) in [7, 11) is 0. The van der Waals surface area contributed by atoms with E-state index in [1.54, 1.807) is 10.6 Å². The van der Waals surface area contributed by atoms with Crippen molar-refractivity contribution in [2.75, 3.05) is 11.9 Å². The van der Waals surface area contributed by atoms with Crippen LogP contribution in [0.15, 0.2) is 36.4 Å². The van der Waals surface area contributed by atoms with Crippen molar-refractivity contribution in [3.63, 3.8) is 0 Å². The summed E-state index contributed by atoms with van der Waals surface area (Å²) < 4.78 is 40.7.